The van der Waals surface area contributed by atoms with Crippen LogP contribution in [0.25, 0.3) is 11.3 Å². The van der Waals surface area contributed by atoms with Gasteiger partial charge < -0.3 is 4.74 Å². The summed E-state index contributed by atoms with van der Waals surface area (Å²) in [5.74, 6) is -0.569. The van der Waals surface area contributed by atoms with Gasteiger partial charge in [0.1, 0.15) is 11.6 Å². The fraction of sp³-hybridized carbons (Fsp3) is 0.200. The highest BCUT2D eigenvalue weighted by atomic mass is 35.5. The van der Waals surface area contributed by atoms with Gasteiger partial charge in [-0.15, -0.1) is 11.3 Å². The lowest BCUT2D eigenvalue weighted by atomic mass is 10.1. The van der Waals surface area contributed by atoms with Gasteiger partial charge in [0.25, 0.3) is 5.91 Å². The predicted molar refractivity (Wildman–Crippen MR) is 107 cm³/mol. The van der Waals surface area contributed by atoms with Gasteiger partial charge in [-0.3, -0.25) is 10.1 Å². The van der Waals surface area contributed by atoms with Crippen molar-refractivity contribution in [3.63, 3.8) is 0 Å². The monoisotopic (exact) mass is 404 g/mol. The van der Waals surface area contributed by atoms with E-state index in [4.69, 9.17) is 16.3 Å². The first-order valence-electron chi connectivity index (χ1n) is 8.43. The van der Waals surface area contributed by atoms with Gasteiger partial charge >= 0.3 is 0 Å². The molecule has 2 aromatic carbocycles. The first kappa shape index (κ1) is 19.3. The van der Waals surface area contributed by atoms with Crippen molar-refractivity contribution in [1.29, 1.82) is 0 Å². The van der Waals surface area contributed by atoms with Crippen molar-refractivity contribution in [3.05, 3.63) is 64.2 Å². The number of carbonyl (C=O) groups is 1. The van der Waals surface area contributed by atoms with Crippen molar-refractivity contribution in [3.8, 4) is 17.0 Å². The van der Waals surface area contributed by atoms with E-state index in [1.807, 2.05) is 17.5 Å². The van der Waals surface area contributed by atoms with E-state index in [0.29, 0.717) is 10.9 Å². The van der Waals surface area contributed by atoms with Gasteiger partial charge in [0.15, 0.2) is 11.2 Å². The van der Waals surface area contributed by atoms with Crippen LogP contribution in [-0.2, 0) is 11.2 Å². The maximum absolute atomic E-state index is 13.2. The summed E-state index contributed by atoms with van der Waals surface area (Å²) in [5.41, 5.74) is 3.06. The van der Waals surface area contributed by atoms with Crippen LogP contribution in [-0.4, -0.2) is 17.0 Å². The zero-order valence-corrected chi connectivity index (χ0v) is 16.4. The number of hydrogen-bond donors (Lipinski definition) is 1. The van der Waals surface area contributed by atoms with Crippen LogP contribution in [0.5, 0.6) is 5.75 Å². The number of ether oxygens (including phenoxy) is 1. The fourth-order valence-electron chi connectivity index (χ4n) is 2.39. The number of carbonyl (C=O) groups excluding carboxylic acids is 1. The van der Waals surface area contributed by atoms with Gasteiger partial charge in [0, 0.05) is 17.0 Å². The van der Waals surface area contributed by atoms with Crippen LogP contribution in [0, 0.1) is 5.82 Å². The van der Waals surface area contributed by atoms with E-state index in [0.717, 1.165) is 17.7 Å². The Hall–Kier alpha value is -2.44. The normalized spacial score (nSPS) is 11.9. The van der Waals surface area contributed by atoms with Gasteiger partial charge in [-0.25, -0.2) is 9.37 Å². The zero-order chi connectivity index (χ0) is 19.4. The maximum Gasteiger partial charge on any atom is 0.266 e. The molecule has 3 rings (SSSR count). The molecule has 0 saturated heterocycles. The first-order chi connectivity index (χ1) is 13.0. The van der Waals surface area contributed by atoms with Crippen LogP contribution in [0.15, 0.2) is 47.8 Å². The predicted octanol–water partition coefficient (Wildman–Crippen LogP) is 5.57. The Morgan fingerprint density at radius 2 is 2.04 bits per heavy atom. The lowest BCUT2D eigenvalue weighted by Gasteiger charge is -2.14. The molecule has 4 nitrogen and oxygen atoms in total. The van der Waals surface area contributed by atoms with E-state index >= 15 is 0 Å². The minimum absolute atomic E-state index is 0.0567. The molecule has 0 fully saturated rings. The summed E-state index contributed by atoms with van der Waals surface area (Å²) in [5, 5.41) is 5.06. The third kappa shape index (κ3) is 4.84. The second-order valence-electron chi connectivity index (χ2n) is 5.91. The van der Waals surface area contributed by atoms with E-state index in [-0.39, 0.29) is 10.9 Å². The van der Waals surface area contributed by atoms with Gasteiger partial charge in [0.05, 0.1) is 10.7 Å². The number of amides is 1. The lowest BCUT2D eigenvalue weighted by molar-refractivity contribution is -0.122. The summed E-state index contributed by atoms with van der Waals surface area (Å²) >= 11 is 7.06. The van der Waals surface area contributed by atoms with E-state index in [1.54, 1.807) is 6.92 Å². The SMILES string of the molecule is CCc1ccc(-c2csc(NC(=O)[C@H](C)Oc3ccc(F)c(Cl)c3)n2)cc1. The third-order valence-electron chi connectivity index (χ3n) is 3.97. The lowest BCUT2D eigenvalue weighted by Crippen LogP contribution is -2.30. The summed E-state index contributed by atoms with van der Waals surface area (Å²) in [7, 11) is 0. The van der Waals surface area contributed by atoms with Crippen LogP contribution < -0.4 is 10.1 Å². The number of benzene rings is 2. The molecule has 1 aromatic heterocycles. The van der Waals surface area contributed by atoms with Crippen molar-refractivity contribution in [2.75, 3.05) is 5.32 Å². The summed E-state index contributed by atoms with van der Waals surface area (Å²) in [6.07, 6.45) is 0.193. The number of hydrogen-bond acceptors (Lipinski definition) is 4. The molecule has 1 heterocycles. The van der Waals surface area contributed by atoms with Gasteiger partial charge in [-0.2, -0.15) is 0 Å². The molecule has 0 saturated carbocycles. The molecule has 0 aliphatic carbocycles. The number of rotatable bonds is 6. The third-order valence-corrected chi connectivity index (χ3v) is 5.01. The molecule has 0 aliphatic heterocycles. The molecule has 27 heavy (non-hydrogen) atoms. The van der Waals surface area contributed by atoms with Crippen LogP contribution in [0.1, 0.15) is 19.4 Å². The van der Waals surface area contributed by atoms with E-state index in [1.165, 1.54) is 35.1 Å². The molecular formula is C20H18ClFN2O2S. The molecule has 140 valence electrons. The van der Waals surface area contributed by atoms with Crippen molar-refractivity contribution in [1.82, 2.24) is 4.98 Å². The largest absolute Gasteiger partial charge is 0.481 e. The molecule has 3 aromatic rings. The smallest absolute Gasteiger partial charge is 0.266 e. The van der Waals surface area contributed by atoms with Crippen LogP contribution in [0.3, 0.4) is 0 Å². The molecule has 1 amide bonds. The van der Waals surface area contributed by atoms with E-state index < -0.39 is 11.9 Å². The summed E-state index contributed by atoms with van der Waals surface area (Å²) < 4.78 is 18.7. The number of nitrogens with one attached hydrogen (secondary N) is 1. The van der Waals surface area contributed by atoms with E-state index in [9.17, 15) is 9.18 Å². The minimum atomic E-state index is -0.789. The van der Waals surface area contributed by atoms with Crippen molar-refractivity contribution < 1.29 is 13.9 Å². The molecule has 0 aliphatic rings. The Kier molecular flexibility index (Phi) is 6.08. The average Bonchev–Trinajstić information content (AvgIpc) is 3.13. The fourth-order valence-corrected chi connectivity index (χ4v) is 3.28. The topological polar surface area (TPSA) is 51.2 Å². The standard InChI is InChI=1S/C20H18ClFN2O2S/c1-3-13-4-6-14(7-5-13)18-11-27-20(23-18)24-19(25)12(2)26-15-8-9-17(22)16(21)10-15/h4-12H,3H2,1-2H3,(H,23,24,25)/t12-/m0/s1. The number of aromatic nitrogens is 1. The molecule has 0 bridgehead atoms. The first-order valence-corrected chi connectivity index (χ1v) is 9.69. The van der Waals surface area contributed by atoms with E-state index in [2.05, 4.69) is 29.4 Å². The summed E-state index contributed by atoms with van der Waals surface area (Å²) in [4.78, 5) is 16.8. The number of aryl methyl sites for hydroxylation is 1. The summed E-state index contributed by atoms with van der Waals surface area (Å²) in [6, 6.07) is 12.1. The Labute approximate surface area is 166 Å². The minimum Gasteiger partial charge on any atom is -0.481 e. The van der Waals surface area contributed by atoms with Gasteiger partial charge in [0.2, 0.25) is 0 Å². The van der Waals surface area contributed by atoms with Gasteiger partial charge in [-0.1, -0.05) is 42.8 Å². The number of halogens is 2. The molecule has 0 radical (unpaired) electrons. The van der Waals surface area contributed by atoms with Crippen molar-refractivity contribution in [2.24, 2.45) is 0 Å². The number of nitrogens with zero attached hydrogens (tertiary/aromatic N) is 1. The second kappa shape index (κ2) is 8.50. The van der Waals surface area contributed by atoms with Crippen LogP contribution in [0.4, 0.5) is 9.52 Å². The Bertz CT molecular complexity index is 943. The molecule has 1 atom stereocenters. The highest BCUT2D eigenvalue weighted by Crippen LogP contribution is 2.26. The number of anilines is 1. The van der Waals surface area contributed by atoms with Crippen LogP contribution in [0.2, 0.25) is 5.02 Å². The highest BCUT2D eigenvalue weighted by molar-refractivity contribution is 7.14. The van der Waals surface area contributed by atoms with Crippen molar-refractivity contribution >= 4 is 34.0 Å². The maximum atomic E-state index is 13.2. The molecule has 7 heteroatoms. The Morgan fingerprint density at radius 1 is 1.30 bits per heavy atom. The summed E-state index contributed by atoms with van der Waals surface area (Å²) in [6.45, 7) is 3.71. The highest BCUT2D eigenvalue weighted by Gasteiger charge is 2.17. The van der Waals surface area contributed by atoms with Gasteiger partial charge in [-0.05, 0) is 31.0 Å². The Morgan fingerprint density at radius 3 is 2.70 bits per heavy atom. The molecular weight excluding hydrogens is 387 g/mol. The zero-order valence-electron chi connectivity index (χ0n) is 14.8. The molecule has 1 N–H and O–H groups in total. The van der Waals surface area contributed by atoms with Crippen LogP contribution >= 0.6 is 22.9 Å². The molecule has 0 spiro atoms. The second-order valence-corrected chi connectivity index (χ2v) is 7.18. The van der Waals surface area contributed by atoms with Crippen molar-refractivity contribution in [2.45, 2.75) is 26.4 Å². The number of thiazole rings is 1. The average molecular weight is 405 g/mol. The molecule has 0 unspecified atom stereocenters. The Balaban J connectivity index is 1.63. The quantitative estimate of drug-likeness (QED) is 0.584.